The third kappa shape index (κ3) is 2.77. The van der Waals surface area contributed by atoms with E-state index in [1.54, 1.807) is 0 Å². The van der Waals surface area contributed by atoms with Crippen molar-refractivity contribution >= 4 is 17.3 Å². The Kier molecular flexibility index (Phi) is 4.11. The molecule has 0 aliphatic heterocycles. The lowest BCUT2D eigenvalue weighted by atomic mass is 9.90. The summed E-state index contributed by atoms with van der Waals surface area (Å²) in [6.45, 7) is 1.90. The molecule has 0 spiro atoms. The van der Waals surface area contributed by atoms with Crippen LogP contribution in [-0.4, -0.2) is 12.1 Å². The predicted molar refractivity (Wildman–Crippen MR) is 74.8 cm³/mol. The highest BCUT2D eigenvalue weighted by Crippen LogP contribution is 2.27. The number of anilines is 1. The van der Waals surface area contributed by atoms with Crippen LogP contribution in [0, 0.1) is 18.3 Å². The van der Waals surface area contributed by atoms with E-state index in [4.69, 9.17) is 22.6 Å². The SMILES string of the molecule is Cc1cc(C#N)c(N[C@H]2CCCC[C@@H]2N)cc1Cl. The van der Waals surface area contributed by atoms with Crippen molar-refractivity contribution in [1.29, 1.82) is 5.26 Å². The number of rotatable bonds is 2. The minimum absolute atomic E-state index is 0.158. The Labute approximate surface area is 113 Å². The predicted octanol–water partition coefficient (Wildman–Crippen LogP) is 3.20. The first kappa shape index (κ1) is 13.2. The Morgan fingerprint density at radius 1 is 1.39 bits per heavy atom. The van der Waals surface area contributed by atoms with Crippen molar-refractivity contribution in [2.24, 2.45) is 5.73 Å². The van der Waals surface area contributed by atoms with Gasteiger partial charge in [-0.3, -0.25) is 0 Å². The summed E-state index contributed by atoms with van der Waals surface area (Å²) in [5.74, 6) is 0. The van der Waals surface area contributed by atoms with Gasteiger partial charge in [-0.25, -0.2) is 0 Å². The standard InChI is InChI=1S/C14H18ClN3/c1-9-6-10(8-16)14(7-11(9)15)18-13-5-3-2-4-12(13)17/h6-7,12-13,18H,2-5,17H2,1H3/t12-,13-/m0/s1. The van der Waals surface area contributed by atoms with Crippen LogP contribution in [0.3, 0.4) is 0 Å². The van der Waals surface area contributed by atoms with Crippen LogP contribution in [0.25, 0.3) is 0 Å². The molecule has 2 atom stereocenters. The van der Waals surface area contributed by atoms with E-state index >= 15 is 0 Å². The maximum absolute atomic E-state index is 9.16. The lowest BCUT2D eigenvalue weighted by molar-refractivity contribution is 0.404. The van der Waals surface area contributed by atoms with Gasteiger partial charge in [0.2, 0.25) is 0 Å². The Bertz CT molecular complexity index is 479. The fraction of sp³-hybridized carbons (Fsp3) is 0.500. The molecular formula is C14H18ClN3. The van der Waals surface area contributed by atoms with Crippen molar-refractivity contribution in [2.75, 3.05) is 5.32 Å². The molecule has 3 nitrogen and oxygen atoms in total. The average Bonchev–Trinajstić information content (AvgIpc) is 2.36. The van der Waals surface area contributed by atoms with E-state index in [0.717, 1.165) is 24.1 Å². The molecule has 2 rings (SSSR count). The van der Waals surface area contributed by atoms with Gasteiger partial charge in [-0.05, 0) is 37.5 Å². The van der Waals surface area contributed by atoms with E-state index in [-0.39, 0.29) is 12.1 Å². The summed E-state index contributed by atoms with van der Waals surface area (Å²) < 4.78 is 0. The Morgan fingerprint density at radius 3 is 2.78 bits per heavy atom. The molecule has 0 radical (unpaired) electrons. The zero-order valence-electron chi connectivity index (χ0n) is 10.5. The maximum atomic E-state index is 9.16. The van der Waals surface area contributed by atoms with E-state index < -0.39 is 0 Å². The summed E-state index contributed by atoms with van der Waals surface area (Å²) in [6, 6.07) is 6.25. The van der Waals surface area contributed by atoms with Gasteiger partial charge < -0.3 is 11.1 Å². The van der Waals surface area contributed by atoms with Crippen molar-refractivity contribution < 1.29 is 0 Å². The second-order valence-corrected chi connectivity index (χ2v) is 5.37. The van der Waals surface area contributed by atoms with Gasteiger partial charge in [0.25, 0.3) is 0 Å². The van der Waals surface area contributed by atoms with Gasteiger partial charge >= 0.3 is 0 Å². The molecule has 0 bridgehead atoms. The number of hydrogen-bond acceptors (Lipinski definition) is 3. The number of aryl methyl sites for hydroxylation is 1. The summed E-state index contributed by atoms with van der Waals surface area (Å²) >= 11 is 6.12. The minimum atomic E-state index is 0.158. The molecule has 1 aliphatic carbocycles. The summed E-state index contributed by atoms with van der Waals surface area (Å²) in [7, 11) is 0. The third-order valence-corrected chi connectivity index (χ3v) is 3.99. The Hall–Kier alpha value is -1.24. The Morgan fingerprint density at radius 2 is 2.11 bits per heavy atom. The number of nitrogens with one attached hydrogen (secondary N) is 1. The van der Waals surface area contributed by atoms with Crippen LogP contribution in [0.1, 0.15) is 36.8 Å². The fourth-order valence-electron chi connectivity index (χ4n) is 2.43. The van der Waals surface area contributed by atoms with Crippen molar-refractivity contribution in [3.8, 4) is 6.07 Å². The van der Waals surface area contributed by atoms with Crippen LogP contribution < -0.4 is 11.1 Å². The van der Waals surface area contributed by atoms with E-state index in [1.807, 2.05) is 19.1 Å². The highest BCUT2D eigenvalue weighted by molar-refractivity contribution is 6.31. The van der Waals surface area contributed by atoms with Gasteiger partial charge in [0.1, 0.15) is 6.07 Å². The molecule has 0 amide bonds. The number of halogens is 1. The minimum Gasteiger partial charge on any atom is -0.380 e. The molecular weight excluding hydrogens is 246 g/mol. The molecule has 1 fully saturated rings. The van der Waals surface area contributed by atoms with Gasteiger partial charge in [0.15, 0.2) is 0 Å². The van der Waals surface area contributed by atoms with Crippen LogP contribution in [0.4, 0.5) is 5.69 Å². The summed E-state index contributed by atoms with van der Waals surface area (Å²) in [5, 5.41) is 13.2. The molecule has 96 valence electrons. The zero-order chi connectivity index (χ0) is 13.1. The van der Waals surface area contributed by atoms with Gasteiger partial charge in [0, 0.05) is 17.1 Å². The number of nitriles is 1. The first-order valence-corrected chi connectivity index (χ1v) is 6.72. The lowest BCUT2D eigenvalue weighted by Gasteiger charge is -2.30. The van der Waals surface area contributed by atoms with Gasteiger partial charge in [-0.1, -0.05) is 24.4 Å². The summed E-state index contributed by atoms with van der Waals surface area (Å²) in [4.78, 5) is 0. The van der Waals surface area contributed by atoms with Crippen LogP contribution in [0.5, 0.6) is 0 Å². The number of benzene rings is 1. The molecule has 0 heterocycles. The monoisotopic (exact) mass is 263 g/mol. The number of nitrogens with zero attached hydrogens (tertiary/aromatic N) is 1. The molecule has 0 saturated heterocycles. The quantitative estimate of drug-likeness (QED) is 0.861. The van der Waals surface area contributed by atoms with Gasteiger partial charge in [-0.2, -0.15) is 5.26 Å². The van der Waals surface area contributed by atoms with Crippen LogP contribution in [0.15, 0.2) is 12.1 Å². The molecule has 1 aromatic rings. The maximum Gasteiger partial charge on any atom is 0.101 e. The second-order valence-electron chi connectivity index (χ2n) is 4.96. The molecule has 18 heavy (non-hydrogen) atoms. The van der Waals surface area contributed by atoms with E-state index in [0.29, 0.717) is 10.6 Å². The largest absolute Gasteiger partial charge is 0.380 e. The smallest absolute Gasteiger partial charge is 0.101 e. The topological polar surface area (TPSA) is 61.8 Å². The van der Waals surface area contributed by atoms with E-state index in [9.17, 15) is 0 Å². The van der Waals surface area contributed by atoms with E-state index in [1.165, 1.54) is 12.8 Å². The molecule has 0 unspecified atom stereocenters. The van der Waals surface area contributed by atoms with Crippen molar-refractivity contribution in [2.45, 2.75) is 44.7 Å². The van der Waals surface area contributed by atoms with E-state index in [2.05, 4.69) is 11.4 Å². The molecule has 1 aromatic carbocycles. The highest BCUT2D eigenvalue weighted by Gasteiger charge is 2.22. The molecule has 1 aliphatic rings. The van der Waals surface area contributed by atoms with Crippen LogP contribution in [0.2, 0.25) is 5.02 Å². The average molecular weight is 264 g/mol. The van der Waals surface area contributed by atoms with Crippen molar-refractivity contribution in [1.82, 2.24) is 0 Å². The second kappa shape index (κ2) is 5.60. The molecule has 3 N–H and O–H groups in total. The first-order valence-electron chi connectivity index (χ1n) is 6.34. The fourth-order valence-corrected chi connectivity index (χ4v) is 2.60. The number of nitrogens with two attached hydrogens (primary N) is 1. The first-order chi connectivity index (χ1) is 8.61. The zero-order valence-corrected chi connectivity index (χ0v) is 11.3. The van der Waals surface area contributed by atoms with Crippen LogP contribution in [-0.2, 0) is 0 Å². The normalized spacial score (nSPS) is 23.4. The molecule has 4 heteroatoms. The Balaban J connectivity index is 2.23. The van der Waals surface area contributed by atoms with Crippen LogP contribution >= 0.6 is 11.6 Å². The number of hydrogen-bond donors (Lipinski definition) is 2. The summed E-state index contributed by atoms with van der Waals surface area (Å²) in [5.41, 5.74) is 8.47. The van der Waals surface area contributed by atoms with Gasteiger partial charge in [-0.15, -0.1) is 0 Å². The highest BCUT2D eigenvalue weighted by atomic mass is 35.5. The summed E-state index contributed by atoms with van der Waals surface area (Å²) in [6.07, 6.45) is 4.47. The third-order valence-electron chi connectivity index (χ3n) is 3.58. The molecule has 0 aromatic heterocycles. The molecule has 1 saturated carbocycles. The lowest BCUT2D eigenvalue weighted by Crippen LogP contribution is -2.42. The van der Waals surface area contributed by atoms with Crippen molar-refractivity contribution in [3.63, 3.8) is 0 Å². The van der Waals surface area contributed by atoms with Gasteiger partial charge in [0.05, 0.1) is 11.3 Å². The van der Waals surface area contributed by atoms with Crippen molar-refractivity contribution in [3.05, 3.63) is 28.3 Å².